The fourth-order valence-corrected chi connectivity index (χ4v) is 4.49. The van der Waals surface area contributed by atoms with Crippen LogP contribution >= 0.6 is 0 Å². The Morgan fingerprint density at radius 2 is 2.06 bits per heavy atom. The highest BCUT2D eigenvalue weighted by atomic mass is 16.5. The number of methoxy groups -OCH3 is 1. The maximum absolute atomic E-state index is 13.0. The molecular weight excluding hydrogens is 448 g/mol. The van der Waals surface area contributed by atoms with Crippen molar-refractivity contribution in [2.75, 3.05) is 59.7 Å². The van der Waals surface area contributed by atoms with E-state index in [-0.39, 0.29) is 5.91 Å². The second-order valence-electron chi connectivity index (χ2n) is 8.53. The Hall–Kier alpha value is -3.50. The lowest BCUT2D eigenvalue weighted by Gasteiger charge is -2.29. The third kappa shape index (κ3) is 4.85. The van der Waals surface area contributed by atoms with Crippen LogP contribution in [0.1, 0.15) is 28.0 Å². The van der Waals surface area contributed by atoms with Crippen molar-refractivity contribution in [3.8, 4) is 11.5 Å². The average molecular weight is 479 g/mol. The van der Waals surface area contributed by atoms with Crippen LogP contribution in [0.25, 0.3) is 0 Å². The number of aliphatic imine (C=N–C) groups is 2. The van der Waals surface area contributed by atoms with Crippen LogP contribution in [0.5, 0.6) is 11.5 Å². The summed E-state index contributed by atoms with van der Waals surface area (Å²) in [4.78, 5) is 31.0. The third-order valence-corrected chi connectivity index (χ3v) is 6.31. The second-order valence-corrected chi connectivity index (χ2v) is 8.53. The first-order valence-electron chi connectivity index (χ1n) is 11.9. The number of pyridine rings is 1. The van der Waals surface area contributed by atoms with Crippen molar-refractivity contribution in [1.29, 1.82) is 0 Å². The van der Waals surface area contributed by atoms with Crippen LogP contribution in [-0.4, -0.2) is 92.1 Å². The number of morpholine rings is 1. The predicted octanol–water partition coefficient (Wildman–Crippen LogP) is 1.99. The number of guanidine groups is 1. The first kappa shape index (κ1) is 23.3. The van der Waals surface area contributed by atoms with Crippen molar-refractivity contribution in [1.82, 2.24) is 20.1 Å². The molecule has 1 saturated heterocycles. The number of nitrogens with zero attached hydrogens (tertiary/aromatic N) is 5. The van der Waals surface area contributed by atoms with Gasteiger partial charge in [-0.3, -0.25) is 29.9 Å². The smallest absolute Gasteiger partial charge is 0.259 e. The molecule has 0 bridgehead atoms. The molecule has 1 N–H and O–H groups in total. The Labute approximate surface area is 204 Å². The van der Waals surface area contributed by atoms with Crippen molar-refractivity contribution in [2.45, 2.75) is 13.3 Å². The van der Waals surface area contributed by atoms with E-state index in [2.05, 4.69) is 20.2 Å². The summed E-state index contributed by atoms with van der Waals surface area (Å²) < 4.78 is 17.2. The van der Waals surface area contributed by atoms with E-state index in [9.17, 15) is 4.79 Å². The molecule has 4 heterocycles. The van der Waals surface area contributed by atoms with E-state index in [4.69, 9.17) is 19.2 Å². The Balaban J connectivity index is 1.36. The SMILES string of the molecule is COc1c(OCCCN2CCOCC2)ccc2c1N=C(NC(=O)c1cccnc1C)N1CCN=C21. The van der Waals surface area contributed by atoms with Gasteiger partial charge < -0.3 is 14.2 Å². The maximum atomic E-state index is 13.0. The highest BCUT2D eigenvalue weighted by Crippen LogP contribution is 2.43. The molecule has 3 aliphatic rings. The van der Waals surface area contributed by atoms with E-state index >= 15 is 0 Å². The Bertz CT molecular complexity index is 1160. The zero-order valence-electron chi connectivity index (χ0n) is 20.1. The van der Waals surface area contributed by atoms with Crippen molar-refractivity contribution in [3.05, 3.63) is 47.3 Å². The lowest BCUT2D eigenvalue weighted by Crippen LogP contribution is -2.47. The number of hydrogen-bond donors (Lipinski definition) is 1. The first-order valence-corrected chi connectivity index (χ1v) is 11.9. The number of nitrogens with one attached hydrogen (secondary N) is 1. The molecule has 2 aromatic rings. The molecule has 10 heteroatoms. The molecule has 1 amide bonds. The lowest BCUT2D eigenvalue weighted by molar-refractivity contribution is 0.0357. The van der Waals surface area contributed by atoms with Crippen molar-refractivity contribution < 1.29 is 19.0 Å². The normalized spacial score (nSPS) is 17.3. The molecular formula is C25H30N6O4. The number of aromatic nitrogens is 1. The van der Waals surface area contributed by atoms with Crippen molar-refractivity contribution in [2.24, 2.45) is 9.98 Å². The molecule has 3 aliphatic heterocycles. The van der Waals surface area contributed by atoms with Crippen LogP contribution in [0.15, 0.2) is 40.4 Å². The van der Waals surface area contributed by atoms with E-state index < -0.39 is 0 Å². The molecule has 1 aromatic carbocycles. The van der Waals surface area contributed by atoms with Crippen molar-refractivity contribution in [3.63, 3.8) is 0 Å². The zero-order valence-corrected chi connectivity index (χ0v) is 20.1. The molecule has 1 aromatic heterocycles. The van der Waals surface area contributed by atoms with Gasteiger partial charge in [0.2, 0.25) is 5.96 Å². The topological polar surface area (TPSA) is 101 Å². The number of hydrogen-bond acceptors (Lipinski definition) is 9. The summed E-state index contributed by atoms with van der Waals surface area (Å²) in [5.74, 6) is 2.08. The molecule has 1 fully saturated rings. The summed E-state index contributed by atoms with van der Waals surface area (Å²) in [6.45, 7) is 8.10. The van der Waals surface area contributed by atoms with Gasteiger partial charge in [0.05, 0.1) is 39.0 Å². The van der Waals surface area contributed by atoms with Gasteiger partial charge in [0, 0.05) is 43.6 Å². The maximum Gasteiger partial charge on any atom is 0.259 e. The minimum Gasteiger partial charge on any atom is -0.491 e. The Kier molecular flexibility index (Phi) is 6.91. The number of amides is 1. The number of rotatable bonds is 7. The molecule has 5 rings (SSSR count). The number of amidine groups is 1. The second kappa shape index (κ2) is 10.4. The summed E-state index contributed by atoms with van der Waals surface area (Å²) in [5, 5.41) is 2.95. The third-order valence-electron chi connectivity index (χ3n) is 6.31. The number of ether oxygens (including phenoxy) is 3. The highest BCUT2D eigenvalue weighted by molar-refractivity contribution is 6.20. The quantitative estimate of drug-likeness (QED) is 0.608. The van der Waals surface area contributed by atoms with Crippen molar-refractivity contribution >= 4 is 23.4 Å². The molecule has 0 atom stereocenters. The number of benzene rings is 1. The molecule has 0 aliphatic carbocycles. The average Bonchev–Trinajstić information content (AvgIpc) is 3.38. The number of aryl methyl sites for hydroxylation is 1. The molecule has 0 spiro atoms. The zero-order chi connectivity index (χ0) is 24.2. The number of carbonyl (C=O) groups is 1. The van der Waals surface area contributed by atoms with Gasteiger partial charge in [-0.2, -0.15) is 0 Å². The van der Waals surface area contributed by atoms with Crippen LogP contribution in [0.3, 0.4) is 0 Å². The van der Waals surface area contributed by atoms with Crippen LogP contribution < -0.4 is 14.8 Å². The van der Waals surface area contributed by atoms with E-state index in [1.54, 1.807) is 32.4 Å². The Morgan fingerprint density at radius 3 is 2.86 bits per heavy atom. The Morgan fingerprint density at radius 1 is 1.20 bits per heavy atom. The fourth-order valence-electron chi connectivity index (χ4n) is 4.49. The monoisotopic (exact) mass is 478 g/mol. The van der Waals surface area contributed by atoms with Gasteiger partial charge in [0.25, 0.3) is 5.91 Å². The van der Waals surface area contributed by atoms with Gasteiger partial charge in [-0.1, -0.05) is 0 Å². The van der Waals surface area contributed by atoms with E-state index in [0.29, 0.717) is 54.1 Å². The van der Waals surface area contributed by atoms with Crippen LogP contribution in [0.2, 0.25) is 0 Å². The summed E-state index contributed by atoms with van der Waals surface area (Å²) in [6, 6.07) is 7.36. The molecule has 10 nitrogen and oxygen atoms in total. The number of fused-ring (bicyclic) bond motifs is 3. The first-order chi connectivity index (χ1) is 17.2. The highest BCUT2D eigenvalue weighted by Gasteiger charge is 2.33. The molecule has 0 unspecified atom stereocenters. The largest absolute Gasteiger partial charge is 0.491 e. The molecule has 0 radical (unpaired) electrons. The summed E-state index contributed by atoms with van der Waals surface area (Å²) in [6.07, 6.45) is 2.56. The summed E-state index contributed by atoms with van der Waals surface area (Å²) in [7, 11) is 1.60. The van der Waals surface area contributed by atoms with Gasteiger partial charge in [-0.25, -0.2) is 4.99 Å². The van der Waals surface area contributed by atoms with Crippen LogP contribution in [0.4, 0.5) is 5.69 Å². The summed E-state index contributed by atoms with van der Waals surface area (Å²) >= 11 is 0. The fraction of sp³-hybridized carbons (Fsp3) is 0.440. The van der Waals surface area contributed by atoms with E-state index in [0.717, 1.165) is 50.7 Å². The van der Waals surface area contributed by atoms with Gasteiger partial charge in [-0.15, -0.1) is 0 Å². The van der Waals surface area contributed by atoms with Crippen LogP contribution in [0, 0.1) is 6.92 Å². The van der Waals surface area contributed by atoms with Gasteiger partial charge >= 0.3 is 0 Å². The summed E-state index contributed by atoms with van der Waals surface area (Å²) in [5.41, 5.74) is 2.62. The standard InChI is InChI=1S/C25H30N6O4/c1-17-18(5-3-8-26-17)24(32)29-25-28-21-19(23-27-9-11-31(23)25)6-7-20(22(21)33-2)35-14-4-10-30-12-15-34-16-13-30/h3,5-8H,4,9-16H2,1-2H3,(H,28,29,32). The van der Waals surface area contributed by atoms with Gasteiger partial charge in [0.1, 0.15) is 11.5 Å². The molecule has 0 saturated carbocycles. The number of carbonyl (C=O) groups excluding carboxylic acids is 1. The molecule has 35 heavy (non-hydrogen) atoms. The minimum atomic E-state index is -0.265. The van der Waals surface area contributed by atoms with Gasteiger partial charge in [0.15, 0.2) is 11.5 Å². The predicted molar refractivity (Wildman–Crippen MR) is 132 cm³/mol. The van der Waals surface area contributed by atoms with E-state index in [1.165, 1.54) is 0 Å². The molecule has 184 valence electrons. The van der Waals surface area contributed by atoms with Gasteiger partial charge in [-0.05, 0) is 37.6 Å². The minimum absolute atomic E-state index is 0.265. The lowest BCUT2D eigenvalue weighted by atomic mass is 10.1. The van der Waals surface area contributed by atoms with E-state index in [1.807, 2.05) is 17.0 Å². The van der Waals surface area contributed by atoms with Crippen LogP contribution in [-0.2, 0) is 4.74 Å².